The molecule has 1 fully saturated rings. The number of hydrogen-bond donors (Lipinski definition) is 1. The number of anilines is 2. The second kappa shape index (κ2) is 11.1. The van der Waals surface area contributed by atoms with Crippen LogP contribution < -0.4 is 15.1 Å². The molecule has 0 bridgehead atoms. The topological polar surface area (TPSA) is 101 Å². The maximum atomic E-state index is 11.5. The molecule has 0 saturated carbocycles. The van der Waals surface area contributed by atoms with Gasteiger partial charge in [0.25, 0.3) is 0 Å². The van der Waals surface area contributed by atoms with Crippen molar-refractivity contribution in [3.63, 3.8) is 0 Å². The predicted molar refractivity (Wildman–Crippen MR) is 118 cm³/mol. The minimum atomic E-state index is -0.423. The molecule has 0 radical (unpaired) electrons. The first-order valence-corrected chi connectivity index (χ1v) is 10.1. The fraction of sp³-hybridized carbons (Fsp3) is 0.429. The number of aryl methyl sites for hydroxylation is 1. The van der Waals surface area contributed by atoms with Crippen LogP contribution in [-0.4, -0.2) is 80.8 Å². The van der Waals surface area contributed by atoms with Crippen LogP contribution in [0.15, 0.2) is 35.4 Å². The average Bonchev–Trinajstić information content (AvgIpc) is 2.77. The van der Waals surface area contributed by atoms with Gasteiger partial charge in [-0.1, -0.05) is 29.8 Å². The third kappa shape index (κ3) is 7.10. The Morgan fingerprint density at radius 2 is 2.06 bits per heavy atom. The molecular weight excluding hydrogens is 400 g/mol. The average molecular weight is 428 g/mol. The smallest absolute Gasteiger partial charge is 0.409 e. The zero-order valence-corrected chi connectivity index (χ0v) is 18.1. The van der Waals surface area contributed by atoms with Gasteiger partial charge in [-0.15, -0.1) is 0 Å². The van der Waals surface area contributed by atoms with Gasteiger partial charge in [0.1, 0.15) is 19.0 Å². The van der Waals surface area contributed by atoms with Gasteiger partial charge in [-0.25, -0.2) is 10.2 Å². The molecule has 1 aromatic heterocycles. The number of carbonyl (C=O) groups is 1. The standard InChI is InChI=1S/C21H28N6O4/c1-16-5-4-6-17(13-16)15-22-25-20-23-18(27-7-9-29-10-8-27)14-19(24-20)30-11-12-31-21(28)26(2)3/h4-6,13-15H,7-12H2,1-3H3,(H,23,24,25)/b22-15+. The summed E-state index contributed by atoms with van der Waals surface area (Å²) in [5.74, 6) is 1.39. The van der Waals surface area contributed by atoms with E-state index in [0.29, 0.717) is 30.9 Å². The fourth-order valence-corrected chi connectivity index (χ4v) is 2.81. The van der Waals surface area contributed by atoms with Crippen LogP contribution in [-0.2, 0) is 9.47 Å². The Balaban J connectivity index is 1.67. The van der Waals surface area contributed by atoms with E-state index in [2.05, 4.69) is 25.4 Å². The van der Waals surface area contributed by atoms with Gasteiger partial charge < -0.3 is 24.0 Å². The number of benzene rings is 1. The second-order valence-corrected chi connectivity index (χ2v) is 7.13. The molecule has 1 N–H and O–H groups in total. The Hall–Kier alpha value is -3.40. The van der Waals surface area contributed by atoms with E-state index in [-0.39, 0.29) is 13.2 Å². The molecule has 1 aromatic carbocycles. The molecule has 10 heteroatoms. The van der Waals surface area contributed by atoms with Crippen LogP contribution in [0.5, 0.6) is 5.88 Å². The Morgan fingerprint density at radius 3 is 2.81 bits per heavy atom. The number of ether oxygens (including phenoxy) is 3. The Kier molecular flexibility index (Phi) is 7.99. The van der Waals surface area contributed by atoms with Gasteiger partial charge in [0.2, 0.25) is 11.8 Å². The number of morpholine rings is 1. The van der Waals surface area contributed by atoms with Crippen LogP contribution in [0.2, 0.25) is 0 Å². The highest BCUT2D eigenvalue weighted by molar-refractivity contribution is 5.80. The van der Waals surface area contributed by atoms with Crippen molar-refractivity contribution >= 4 is 24.1 Å². The summed E-state index contributed by atoms with van der Waals surface area (Å²) < 4.78 is 16.2. The number of hydrazone groups is 1. The lowest BCUT2D eigenvalue weighted by molar-refractivity contribution is 0.101. The normalized spacial score (nSPS) is 13.8. The van der Waals surface area contributed by atoms with Gasteiger partial charge in [0.15, 0.2) is 0 Å². The molecule has 1 amide bonds. The molecule has 0 aliphatic carbocycles. The summed E-state index contributed by atoms with van der Waals surface area (Å²) in [7, 11) is 3.24. The molecule has 3 rings (SSSR count). The lowest BCUT2D eigenvalue weighted by atomic mass is 10.2. The minimum Gasteiger partial charge on any atom is -0.474 e. The van der Waals surface area contributed by atoms with E-state index in [1.807, 2.05) is 31.2 Å². The van der Waals surface area contributed by atoms with Crippen molar-refractivity contribution in [1.82, 2.24) is 14.9 Å². The van der Waals surface area contributed by atoms with E-state index in [1.54, 1.807) is 26.4 Å². The monoisotopic (exact) mass is 428 g/mol. The molecule has 31 heavy (non-hydrogen) atoms. The first-order valence-electron chi connectivity index (χ1n) is 10.1. The van der Waals surface area contributed by atoms with E-state index in [1.165, 1.54) is 4.90 Å². The van der Waals surface area contributed by atoms with Crippen molar-refractivity contribution in [3.8, 4) is 5.88 Å². The number of nitrogens with zero attached hydrogens (tertiary/aromatic N) is 5. The summed E-state index contributed by atoms with van der Waals surface area (Å²) in [5, 5.41) is 4.25. The van der Waals surface area contributed by atoms with Crippen LogP contribution in [0.1, 0.15) is 11.1 Å². The van der Waals surface area contributed by atoms with Crippen LogP contribution in [0.3, 0.4) is 0 Å². The lowest BCUT2D eigenvalue weighted by Gasteiger charge is -2.28. The second-order valence-electron chi connectivity index (χ2n) is 7.13. The molecule has 0 atom stereocenters. The molecule has 1 aliphatic rings. The van der Waals surface area contributed by atoms with Gasteiger partial charge in [0.05, 0.1) is 19.4 Å². The summed E-state index contributed by atoms with van der Waals surface area (Å²) in [6.07, 6.45) is 1.28. The van der Waals surface area contributed by atoms with E-state index in [4.69, 9.17) is 14.2 Å². The van der Waals surface area contributed by atoms with Crippen LogP contribution in [0, 0.1) is 6.92 Å². The van der Waals surface area contributed by atoms with Crippen LogP contribution >= 0.6 is 0 Å². The number of hydrogen-bond acceptors (Lipinski definition) is 9. The largest absolute Gasteiger partial charge is 0.474 e. The van der Waals surface area contributed by atoms with E-state index < -0.39 is 6.09 Å². The van der Waals surface area contributed by atoms with Crippen molar-refractivity contribution < 1.29 is 19.0 Å². The highest BCUT2D eigenvalue weighted by Gasteiger charge is 2.16. The van der Waals surface area contributed by atoms with Crippen LogP contribution in [0.25, 0.3) is 0 Å². The summed E-state index contributed by atoms with van der Waals surface area (Å²) in [4.78, 5) is 23.9. The third-order valence-electron chi connectivity index (χ3n) is 4.37. The molecule has 1 aliphatic heterocycles. The predicted octanol–water partition coefficient (Wildman–Crippen LogP) is 2.14. The van der Waals surface area contributed by atoms with E-state index in [0.717, 1.165) is 24.2 Å². The summed E-state index contributed by atoms with van der Waals surface area (Å²) >= 11 is 0. The molecule has 166 valence electrons. The number of aromatic nitrogens is 2. The van der Waals surface area contributed by atoms with Crippen LogP contribution in [0.4, 0.5) is 16.6 Å². The minimum absolute atomic E-state index is 0.113. The Bertz CT molecular complexity index is 899. The molecule has 10 nitrogen and oxygen atoms in total. The maximum Gasteiger partial charge on any atom is 0.409 e. The van der Waals surface area contributed by atoms with Crippen molar-refractivity contribution in [2.75, 3.05) is 63.9 Å². The summed E-state index contributed by atoms with van der Waals surface area (Å²) in [5.41, 5.74) is 4.99. The number of nitrogens with one attached hydrogen (secondary N) is 1. The van der Waals surface area contributed by atoms with Gasteiger partial charge in [0, 0.05) is 33.3 Å². The van der Waals surface area contributed by atoms with E-state index in [9.17, 15) is 4.79 Å². The van der Waals surface area contributed by atoms with Crippen molar-refractivity contribution in [2.45, 2.75) is 6.92 Å². The van der Waals surface area contributed by atoms with Crippen molar-refractivity contribution in [1.29, 1.82) is 0 Å². The first kappa shape index (κ1) is 22.3. The lowest BCUT2D eigenvalue weighted by Crippen LogP contribution is -2.36. The first-order chi connectivity index (χ1) is 15.0. The highest BCUT2D eigenvalue weighted by atomic mass is 16.6. The zero-order chi connectivity index (χ0) is 22.1. The Labute approximate surface area is 181 Å². The summed E-state index contributed by atoms with van der Waals surface area (Å²) in [6, 6.07) is 9.75. The summed E-state index contributed by atoms with van der Waals surface area (Å²) in [6.45, 7) is 5.03. The SMILES string of the molecule is Cc1cccc(/C=N/Nc2nc(OCCOC(=O)N(C)C)cc(N3CCOCC3)n2)c1. The molecular formula is C21H28N6O4. The van der Waals surface area contributed by atoms with E-state index >= 15 is 0 Å². The van der Waals surface area contributed by atoms with Gasteiger partial charge in [-0.2, -0.15) is 15.1 Å². The number of rotatable bonds is 8. The fourth-order valence-electron chi connectivity index (χ4n) is 2.81. The van der Waals surface area contributed by atoms with Crippen molar-refractivity contribution in [2.24, 2.45) is 5.10 Å². The zero-order valence-electron chi connectivity index (χ0n) is 18.1. The number of amides is 1. The third-order valence-corrected chi connectivity index (χ3v) is 4.37. The molecule has 2 aromatic rings. The quantitative estimate of drug-likeness (QED) is 0.388. The van der Waals surface area contributed by atoms with Gasteiger partial charge in [-0.05, 0) is 12.5 Å². The highest BCUT2D eigenvalue weighted by Crippen LogP contribution is 2.21. The molecule has 0 unspecified atom stereocenters. The molecule has 1 saturated heterocycles. The van der Waals surface area contributed by atoms with Crippen molar-refractivity contribution in [3.05, 3.63) is 41.5 Å². The molecule has 2 heterocycles. The molecule has 0 spiro atoms. The van der Waals surface area contributed by atoms with Gasteiger partial charge in [-0.3, -0.25) is 0 Å². The van der Waals surface area contributed by atoms with Gasteiger partial charge >= 0.3 is 6.09 Å². The maximum absolute atomic E-state index is 11.5. The number of carbonyl (C=O) groups excluding carboxylic acids is 1. The Morgan fingerprint density at radius 1 is 1.26 bits per heavy atom.